The second kappa shape index (κ2) is 9.24. The number of ether oxygens (including phenoxy) is 1. The Labute approximate surface area is 187 Å². The number of thiazole rings is 2. The van der Waals surface area contributed by atoms with Crippen molar-refractivity contribution in [2.24, 2.45) is 7.05 Å². The molecule has 0 spiro atoms. The lowest BCUT2D eigenvalue weighted by Gasteiger charge is -2.04. The fraction of sp³-hybridized carbons (Fsp3) is 0.125. The quantitative estimate of drug-likeness (QED) is 0.425. The van der Waals surface area contributed by atoms with E-state index >= 15 is 0 Å². The van der Waals surface area contributed by atoms with Gasteiger partial charge in [0, 0.05) is 24.1 Å². The second-order valence-corrected chi connectivity index (χ2v) is 8.75. The van der Waals surface area contributed by atoms with Crippen LogP contribution in [0.5, 0.6) is 5.75 Å². The predicted octanol–water partition coefficient (Wildman–Crippen LogP) is 3.28. The van der Waals surface area contributed by atoms with Crippen LogP contribution in [0.1, 0.15) is 27.2 Å². The van der Waals surface area contributed by atoms with Crippen molar-refractivity contribution < 1.29 is 9.53 Å². The van der Waals surface area contributed by atoms with Gasteiger partial charge in [-0.2, -0.15) is 0 Å². The standard InChI is InChI=1S/C24H20N2O3S2/c1-16-5-3-4-6-20(16)21(27)12-23-26(2)24(28)22(31-23)11-17-7-9-19(10-8-17)29-13-18-14-30-15-25-18/h3-12,14-15H,13H2,1-2H3. The van der Waals surface area contributed by atoms with Gasteiger partial charge in [-0.15, -0.1) is 22.7 Å². The fourth-order valence-electron chi connectivity index (χ4n) is 3.02. The Kier molecular flexibility index (Phi) is 6.25. The van der Waals surface area contributed by atoms with Crippen LogP contribution in [0, 0.1) is 6.92 Å². The molecule has 0 saturated heterocycles. The third-order valence-corrected chi connectivity index (χ3v) is 6.52. The van der Waals surface area contributed by atoms with Crippen LogP contribution in [-0.2, 0) is 13.7 Å². The highest BCUT2D eigenvalue weighted by molar-refractivity contribution is 7.07. The molecule has 5 nitrogen and oxygen atoms in total. The van der Waals surface area contributed by atoms with E-state index in [1.807, 2.05) is 60.8 Å². The van der Waals surface area contributed by atoms with Crippen molar-refractivity contribution in [2.45, 2.75) is 13.5 Å². The first-order valence-electron chi connectivity index (χ1n) is 9.60. The van der Waals surface area contributed by atoms with Gasteiger partial charge in [0.2, 0.25) is 0 Å². The zero-order valence-corrected chi connectivity index (χ0v) is 18.7. The van der Waals surface area contributed by atoms with Gasteiger partial charge < -0.3 is 9.30 Å². The molecule has 2 heterocycles. The monoisotopic (exact) mass is 448 g/mol. The first-order valence-corrected chi connectivity index (χ1v) is 11.4. The van der Waals surface area contributed by atoms with E-state index in [-0.39, 0.29) is 11.3 Å². The summed E-state index contributed by atoms with van der Waals surface area (Å²) in [5, 5.41) is 1.95. The summed E-state index contributed by atoms with van der Waals surface area (Å²) in [7, 11) is 1.68. The molecule has 4 aromatic rings. The van der Waals surface area contributed by atoms with Gasteiger partial charge in [-0.05, 0) is 36.3 Å². The molecular weight excluding hydrogens is 428 g/mol. The van der Waals surface area contributed by atoms with E-state index in [1.54, 1.807) is 18.6 Å². The fourth-order valence-corrected chi connectivity index (χ4v) is 4.60. The summed E-state index contributed by atoms with van der Waals surface area (Å²) in [5.41, 5.74) is 4.98. The molecule has 2 aromatic heterocycles. The van der Waals surface area contributed by atoms with Crippen LogP contribution in [0.4, 0.5) is 0 Å². The molecule has 2 aromatic carbocycles. The number of ketones is 1. The van der Waals surface area contributed by atoms with Crippen LogP contribution in [0.2, 0.25) is 0 Å². The van der Waals surface area contributed by atoms with Gasteiger partial charge in [-0.3, -0.25) is 9.59 Å². The van der Waals surface area contributed by atoms with Crippen molar-refractivity contribution in [1.29, 1.82) is 0 Å². The summed E-state index contributed by atoms with van der Waals surface area (Å²) >= 11 is 2.84. The average molecular weight is 449 g/mol. The van der Waals surface area contributed by atoms with Gasteiger partial charge in [-0.1, -0.05) is 36.4 Å². The molecule has 0 bridgehead atoms. The molecule has 0 atom stereocenters. The van der Waals surface area contributed by atoms with Crippen molar-refractivity contribution in [3.8, 4) is 5.75 Å². The Bertz CT molecular complexity index is 1380. The third-order valence-electron chi connectivity index (χ3n) is 4.77. The number of benzene rings is 2. The van der Waals surface area contributed by atoms with Crippen molar-refractivity contribution >= 4 is 40.6 Å². The molecule has 0 aliphatic rings. The minimum Gasteiger partial charge on any atom is -0.487 e. The predicted molar refractivity (Wildman–Crippen MR) is 125 cm³/mol. The summed E-state index contributed by atoms with van der Waals surface area (Å²) in [6.45, 7) is 2.32. The maximum absolute atomic E-state index is 12.7. The molecule has 0 fully saturated rings. The van der Waals surface area contributed by atoms with Gasteiger partial charge in [0.1, 0.15) is 17.0 Å². The molecule has 156 valence electrons. The summed E-state index contributed by atoms with van der Waals surface area (Å²) in [4.78, 5) is 29.5. The third kappa shape index (κ3) is 4.90. The lowest BCUT2D eigenvalue weighted by molar-refractivity contribution is 0.106. The van der Waals surface area contributed by atoms with Crippen LogP contribution >= 0.6 is 22.7 Å². The minimum atomic E-state index is -0.127. The highest BCUT2D eigenvalue weighted by atomic mass is 32.1. The van der Waals surface area contributed by atoms with Crippen molar-refractivity contribution in [1.82, 2.24) is 9.55 Å². The number of hydrogen-bond acceptors (Lipinski definition) is 6. The van der Waals surface area contributed by atoms with Gasteiger partial charge >= 0.3 is 0 Å². The minimum absolute atomic E-state index is 0.108. The van der Waals surface area contributed by atoms with E-state index in [1.165, 1.54) is 33.3 Å². The van der Waals surface area contributed by atoms with Crippen molar-refractivity contribution in [3.63, 3.8) is 0 Å². The van der Waals surface area contributed by atoms with Gasteiger partial charge in [-0.25, -0.2) is 4.98 Å². The number of Topliss-reactive ketones (excluding diaryl/α,β-unsaturated/α-hetero) is 1. The molecule has 0 radical (unpaired) electrons. The Morgan fingerprint density at radius 1 is 1.16 bits per heavy atom. The summed E-state index contributed by atoms with van der Waals surface area (Å²) in [6.07, 6.45) is 3.36. The smallest absolute Gasteiger partial charge is 0.268 e. The summed E-state index contributed by atoms with van der Waals surface area (Å²) in [6, 6.07) is 15.0. The van der Waals surface area contributed by atoms with Gasteiger partial charge in [0.05, 0.1) is 15.7 Å². The summed E-state index contributed by atoms with van der Waals surface area (Å²) in [5.74, 6) is 0.630. The Morgan fingerprint density at radius 2 is 1.94 bits per heavy atom. The van der Waals surface area contributed by atoms with E-state index in [4.69, 9.17) is 4.74 Å². The SMILES string of the molecule is Cc1ccccc1C(=O)C=c1sc(=Cc2ccc(OCc3cscn3)cc2)c(=O)n1C. The van der Waals surface area contributed by atoms with Crippen molar-refractivity contribution in [3.05, 3.63) is 101 Å². The highest BCUT2D eigenvalue weighted by Crippen LogP contribution is 2.15. The van der Waals surface area contributed by atoms with E-state index in [0.29, 0.717) is 21.4 Å². The maximum atomic E-state index is 12.7. The average Bonchev–Trinajstić information content (AvgIpc) is 3.38. The Morgan fingerprint density at radius 3 is 2.65 bits per heavy atom. The zero-order chi connectivity index (χ0) is 21.8. The Balaban J connectivity index is 1.58. The van der Waals surface area contributed by atoms with Crippen molar-refractivity contribution in [2.75, 3.05) is 0 Å². The van der Waals surface area contributed by atoms with Gasteiger partial charge in [0.15, 0.2) is 5.78 Å². The van der Waals surface area contributed by atoms with E-state index in [9.17, 15) is 9.59 Å². The molecule has 4 rings (SSSR count). The van der Waals surface area contributed by atoms with Crippen LogP contribution in [0.25, 0.3) is 12.2 Å². The summed E-state index contributed by atoms with van der Waals surface area (Å²) < 4.78 is 8.42. The highest BCUT2D eigenvalue weighted by Gasteiger charge is 2.08. The molecule has 0 aliphatic carbocycles. The second-order valence-electron chi connectivity index (χ2n) is 6.97. The van der Waals surface area contributed by atoms with Crippen LogP contribution in [0.15, 0.2) is 64.2 Å². The molecule has 0 amide bonds. The molecule has 0 N–H and O–H groups in total. The normalized spacial score (nSPS) is 12.3. The van der Waals surface area contributed by atoms with E-state index < -0.39 is 0 Å². The van der Waals surface area contributed by atoms with E-state index in [0.717, 1.165) is 22.6 Å². The number of rotatable bonds is 6. The lowest BCUT2D eigenvalue weighted by atomic mass is 10.1. The van der Waals surface area contributed by atoms with E-state index in [2.05, 4.69) is 4.98 Å². The number of carbonyl (C=O) groups excluding carboxylic acids is 1. The molecule has 0 saturated carbocycles. The number of aryl methyl sites for hydroxylation is 1. The number of carbonyl (C=O) groups is 1. The maximum Gasteiger partial charge on any atom is 0.268 e. The Hall–Kier alpha value is -3.29. The largest absolute Gasteiger partial charge is 0.487 e. The topological polar surface area (TPSA) is 61.2 Å². The number of hydrogen-bond donors (Lipinski definition) is 0. The number of nitrogens with zero attached hydrogens (tertiary/aromatic N) is 2. The van der Waals surface area contributed by atoms with Gasteiger partial charge in [0.25, 0.3) is 5.56 Å². The van der Waals surface area contributed by atoms with Crippen LogP contribution in [-0.4, -0.2) is 15.3 Å². The van der Waals surface area contributed by atoms with Crippen LogP contribution < -0.4 is 19.5 Å². The molecule has 31 heavy (non-hydrogen) atoms. The zero-order valence-electron chi connectivity index (χ0n) is 17.1. The molecule has 7 heteroatoms. The first kappa shape index (κ1) is 21.0. The first-order chi connectivity index (χ1) is 15.0. The molecule has 0 unspecified atom stereocenters. The lowest BCUT2D eigenvalue weighted by Crippen LogP contribution is -2.29. The molecule has 0 aliphatic heterocycles. The van der Waals surface area contributed by atoms with Crippen LogP contribution in [0.3, 0.4) is 0 Å². The molecular formula is C24H20N2O3S2. The number of aromatic nitrogens is 2.